The average molecular weight is 234 g/mol. The van der Waals surface area contributed by atoms with Gasteiger partial charge in [-0.15, -0.1) is 0 Å². The van der Waals surface area contributed by atoms with Crippen molar-refractivity contribution in [2.75, 3.05) is 6.61 Å². The van der Waals surface area contributed by atoms with Crippen molar-refractivity contribution in [2.24, 2.45) is 0 Å². The molecule has 0 fully saturated rings. The SMILES string of the molecule is C/C=C/[C@@H](C)OC(=O)COCc1ccccc1. The van der Waals surface area contributed by atoms with E-state index in [1.54, 1.807) is 0 Å². The average Bonchev–Trinajstić information content (AvgIpc) is 2.30. The van der Waals surface area contributed by atoms with Crippen molar-refractivity contribution in [2.45, 2.75) is 26.6 Å². The summed E-state index contributed by atoms with van der Waals surface area (Å²) in [5, 5.41) is 0. The Labute approximate surface area is 102 Å². The van der Waals surface area contributed by atoms with Crippen molar-refractivity contribution in [1.82, 2.24) is 0 Å². The number of ether oxygens (including phenoxy) is 2. The maximum atomic E-state index is 11.3. The molecule has 0 spiro atoms. The Bertz CT molecular complexity index is 357. The smallest absolute Gasteiger partial charge is 0.332 e. The quantitative estimate of drug-likeness (QED) is 0.561. The van der Waals surface area contributed by atoms with Crippen LogP contribution in [0.2, 0.25) is 0 Å². The van der Waals surface area contributed by atoms with Crippen LogP contribution >= 0.6 is 0 Å². The standard InChI is InChI=1S/C14H18O3/c1-3-7-12(2)17-14(15)11-16-10-13-8-5-4-6-9-13/h3-9,12H,10-11H2,1-2H3/b7-3+/t12-/m1/s1. The van der Waals surface area contributed by atoms with Crippen LogP contribution in [-0.2, 0) is 20.9 Å². The first-order valence-corrected chi connectivity index (χ1v) is 5.66. The fourth-order valence-electron chi connectivity index (χ4n) is 1.38. The summed E-state index contributed by atoms with van der Waals surface area (Å²) in [7, 11) is 0. The second-order valence-corrected chi connectivity index (χ2v) is 3.70. The number of hydrogen-bond acceptors (Lipinski definition) is 3. The molecule has 0 amide bonds. The van der Waals surface area contributed by atoms with Gasteiger partial charge in [-0.25, -0.2) is 4.79 Å². The highest BCUT2D eigenvalue weighted by Gasteiger charge is 2.06. The number of carbonyl (C=O) groups is 1. The molecule has 1 atom stereocenters. The van der Waals surface area contributed by atoms with E-state index in [0.717, 1.165) is 5.56 Å². The number of benzene rings is 1. The highest BCUT2D eigenvalue weighted by Crippen LogP contribution is 2.01. The molecule has 0 aliphatic rings. The normalized spacial score (nSPS) is 12.6. The maximum absolute atomic E-state index is 11.3. The van der Waals surface area contributed by atoms with E-state index in [1.807, 2.05) is 56.3 Å². The predicted octanol–water partition coefficient (Wildman–Crippen LogP) is 2.71. The van der Waals surface area contributed by atoms with Gasteiger partial charge in [0.1, 0.15) is 12.7 Å². The number of rotatable bonds is 6. The van der Waals surface area contributed by atoms with Gasteiger partial charge < -0.3 is 9.47 Å². The highest BCUT2D eigenvalue weighted by atomic mass is 16.6. The lowest BCUT2D eigenvalue weighted by molar-refractivity contribution is -0.151. The summed E-state index contributed by atoms with van der Waals surface area (Å²) >= 11 is 0. The Morgan fingerprint density at radius 3 is 2.71 bits per heavy atom. The van der Waals surface area contributed by atoms with Crippen molar-refractivity contribution in [3.8, 4) is 0 Å². The van der Waals surface area contributed by atoms with Gasteiger partial charge in [-0.3, -0.25) is 0 Å². The van der Waals surface area contributed by atoms with Gasteiger partial charge in [0, 0.05) is 0 Å². The second-order valence-electron chi connectivity index (χ2n) is 3.70. The third-order valence-corrected chi connectivity index (χ3v) is 2.11. The Hall–Kier alpha value is -1.61. The van der Waals surface area contributed by atoms with Crippen molar-refractivity contribution in [1.29, 1.82) is 0 Å². The lowest BCUT2D eigenvalue weighted by Crippen LogP contribution is -2.17. The van der Waals surface area contributed by atoms with Crippen LogP contribution in [0, 0.1) is 0 Å². The van der Waals surface area contributed by atoms with E-state index in [4.69, 9.17) is 9.47 Å². The molecule has 92 valence electrons. The third-order valence-electron chi connectivity index (χ3n) is 2.11. The molecule has 0 radical (unpaired) electrons. The fraction of sp³-hybridized carbons (Fsp3) is 0.357. The zero-order chi connectivity index (χ0) is 12.5. The van der Waals surface area contributed by atoms with Gasteiger partial charge in [-0.05, 0) is 25.5 Å². The van der Waals surface area contributed by atoms with E-state index >= 15 is 0 Å². The largest absolute Gasteiger partial charge is 0.457 e. The molecule has 17 heavy (non-hydrogen) atoms. The molecule has 0 aromatic heterocycles. The van der Waals surface area contributed by atoms with E-state index in [0.29, 0.717) is 6.61 Å². The minimum Gasteiger partial charge on any atom is -0.457 e. The van der Waals surface area contributed by atoms with Crippen molar-refractivity contribution in [3.63, 3.8) is 0 Å². The van der Waals surface area contributed by atoms with E-state index in [1.165, 1.54) is 0 Å². The van der Waals surface area contributed by atoms with Crippen LogP contribution in [-0.4, -0.2) is 18.7 Å². The van der Waals surface area contributed by atoms with Gasteiger partial charge in [0.2, 0.25) is 0 Å². The summed E-state index contributed by atoms with van der Waals surface area (Å²) in [4.78, 5) is 11.3. The van der Waals surface area contributed by atoms with Crippen LogP contribution < -0.4 is 0 Å². The minimum atomic E-state index is -0.341. The molecule has 0 aliphatic heterocycles. The molecule has 0 aliphatic carbocycles. The Balaban J connectivity index is 2.20. The summed E-state index contributed by atoms with van der Waals surface area (Å²) in [6, 6.07) is 9.72. The first kappa shape index (κ1) is 13.5. The first-order chi connectivity index (χ1) is 8.22. The molecule has 0 unspecified atom stereocenters. The number of esters is 1. The fourth-order valence-corrected chi connectivity index (χ4v) is 1.38. The third kappa shape index (κ3) is 5.88. The van der Waals surface area contributed by atoms with Crippen LogP contribution in [0.4, 0.5) is 0 Å². The van der Waals surface area contributed by atoms with Gasteiger partial charge in [-0.2, -0.15) is 0 Å². The van der Waals surface area contributed by atoms with Crippen LogP contribution in [0.15, 0.2) is 42.5 Å². The molecule has 0 saturated heterocycles. The summed E-state index contributed by atoms with van der Waals surface area (Å²) in [5.74, 6) is -0.341. The molecule has 1 aromatic carbocycles. The molecule has 0 saturated carbocycles. The molecular weight excluding hydrogens is 216 g/mol. The first-order valence-electron chi connectivity index (χ1n) is 5.66. The summed E-state index contributed by atoms with van der Waals surface area (Å²) in [6.45, 7) is 4.11. The molecule has 3 nitrogen and oxygen atoms in total. The topological polar surface area (TPSA) is 35.5 Å². The molecule has 3 heteroatoms. The van der Waals surface area contributed by atoms with Gasteiger partial charge in [0.05, 0.1) is 6.61 Å². The van der Waals surface area contributed by atoms with Gasteiger partial charge in [0.15, 0.2) is 0 Å². The van der Waals surface area contributed by atoms with Crippen LogP contribution in [0.1, 0.15) is 19.4 Å². The lowest BCUT2D eigenvalue weighted by Gasteiger charge is -2.09. The Morgan fingerprint density at radius 2 is 2.06 bits per heavy atom. The second kappa shape index (κ2) is 7.63. The minimum absolute atomic E-state index is 0.0171. The molecular formula is C14H18O3. The van der Waals surface area contributed by atoms with Gasteiger partial charge >= 0.3 is 5.97 Å². The lowest BCUT2D eigenvalue weighted by atomic mass is 10.2. The number of hydrogen-bond donors (Lipinski definition) is 0. The summed E-state index contributed by atoms with van der Waals surface area (Å²) < 4.78 is 10.3. The van der Waals surface area contributed by atoms with E-state index in [-0.39, 0.29) is 18.7 Å². The highest BCUT2D eigenvalue weighted by molar-refractivity contribution is 5.71. The Morgan fingerprint density at radius 1 is 1.35 bits per heavy atom. The van der Waals surface area contributed by atoms with E-state index in [2.05, 4.69) is 0 Å². The zero-order valence-electron chi connectivity index (χ0n) is 10.3. The van der Waals surface area contributed by atoms with E-state index in [9.17, 15) is 4.79 Å². The van der Waals surface area contributed by atoms with Crippen LogP contribution in [0.3, 0.4) is 0 Å². The molecule has 1 aromatic rings. The van der Waals surface area contributed by atoms with Crippen molar-refractivity contribution < 1.29 is 14.3 Å². The molecule has 0 bridgehead atoms. The Kier molecular flexibility index (Phi) is 6.04. The zero-order valence-corrected chi connectivity index (χ0v) is 10.3. The predicted molar refractivity (Wildman–Crippen MR) is 66.5 cm³/mol. The van der Waals surface area contributed by atoms with Crippen molar-refractivity contribution in [3.05, 3.63) is 48.0 Å². The molecule has 1 rings (SSSR count). The van der Waals surface area contributed by atoms with Crippen molar-refractivity contribution >= 4 is 5.97 Å². The van der Waals surface area contributed by atoms with Crippen LogP contribution in [0.25, 0.3) is 0 Å². The van der Waals surface area contributed by atoms with Gasteiger partial charge in [-0.1, -0.05) is 36.4 Å². The maximum Gasteiger partial charge on any atom is 0.332 e. The number of allylic oxidation sites excluding steroid dienone is 1. The monoisotopic (exact) mass is 234 g/mol. The van der Waals surface area contributed by atoms with E-state index < -0.39 is 0 Å². The van der Waals surface area contributed by atoms with Crippen LogP contribution in [0.5, 0.6) is 0 Å². The summed E-state index contributed by atoms with van der Waals surface area (Å²) in [5.41, 5.74) is 1.04. The molecule has 0 heterocycles. The van der Waals surface area contributed by atoms with Gasteiger partial charge in [0.25, 0.3) is 0 Å². The molecule has 0 N–H and O–H groups in total. The number of carbonyl (C=O) groups excluding carboxylic acids is 1. The summed E-state index contributed by atoms with van der Waals surface area (Å²) in [6.07, 6.45) is 3.46.